The Labute approximate surface area is 98.0 Å². The number of hydrogen-bond acceptors (Lipinski definition) is 3. The maximum atomic E-state index is 5.25. The minimum Gasteiger partial charge on any atom is -0.382 e. The summed E-state index contributed by atoms with van der Waals surface area (Å²) in [5.74, 6) is 0. The van der Waals surface area contributed by atoms with E-state index in [1.165, 1.54) is 0 Å². The van der Waals surface area contributed by atoms with Crippen LogP contribution in [0.15, 0.2) is 12.3 Å². The molecule has 0 saturated carbocycles. The van der Waals surface area contributed by atoms with E-state index in [0.717, 1.165) is 25.0 Å². The summed E-state index contributed by atoms with van der Waals surface area (Å²) in [4.78, 5) is 0. The Morgan fingerprint density at radius 1 is 1.50 bits per heavy atom. The molecule has 0 fully saturated rings. The fourth-order valence-electron chi connectivity index (χ4n) is 1.73. The first kappa shape index (κ1) is 13.2. The van der Waals surface area contributed by atoms with Gasteiger partial charge in [-0.1, -0.05) is 0 Å². The van der Waals surface area contributed by atoms with E-state index in [0.29, 0.717) is 12.1 Å². The standard InChI is InChI=1S/C12H23N3O/c1-10(16-4)5-6-11(13-2)9-12-7-8-15(3)14-12/h7-8,10-11,13H,5-6,9H2,1-4H3. The van der Waals surface area contributed by atoms with Crippen LogP contribution in [0.5, 0.6) is 0 Å². The quantitative estimate of drug-likeness (QED) is 0.761. The van der Waals surface area contributed by atoms with Crippen molar-refractivity contribution in [2.45, 2.75) is 38.3 Å². The molecule has 0 bridgehead atoms. The molecule has 16 heavy (non-hydrogen) atoms. The van der Waals surface area contributed by atoms with Crippen molar-refractivity contribution in [3.05, 3.63) is 18.0 Å². The highest BCUT2D eigenvalue weighted by atomic mass is 16.5. The molecule has 1 aromatic rings. The van der Waals surface area contributed by atoms with Gasteiger partial charge in [-0.05, 0) is 32.9 Å². The molecule has 0 aromatic carbocycles. The van der Waals surface area contributed by atoms with Gasteiger partial charge >= 0.3 is 0 Å². The molecule has 1 N–H and O–H groups in total. The second kappa shape index (κ2) is 6.66. The lowest BCUT2D eigenvalue weighted by atomic mass is 10.0. The van der Waals surface area contributed by atoms with Gasteiger partial charge in [0, 0.05) is 32.8 Å². The van der Waals surface area contributed by atoms with Crippen LogP contribution in [0.1, 0.15) is 25.5 Å². The fraction of sp³-hybridized carbons (Fsp3) is 0.750. The zero-order valence-corrected chi connectivity index (χ0v) is 10.7. The summed E-state index contributed by atoms with van der Waals surface area (Å²) in [5.41, 5.74) is 1.15. The van der Waals surface area contributed by atoms with Crippen molar-refractivity contribution in [1.29, 1.82) is 0 Å². The third kappa shape index (κ3) is 4.33. The maximum Gasteiger partial charge on any atom is 0.0639 e. The van der Waals surface area contributed by atoms with E-state index in [4.69, 9.17) is 4.74 Å². The summed E-state index contributed by atoms with van der Waals surface area (Å²) in [6, 6.07) is 2.55. The second-order valence-electron chi connectivity index (χ2n) is 4.29. The molecule has 2 atom stereocenters. The second-order valence-corrected chi connectivity index (χ2v) is 4.29. The molecule has 0 saturated heterocycles. The lowest BCUT2D eigenvalue weighted by Crippen LogP contribution is -2.29. The van der Waals surface area contributed by atoms with Gasteiger partial charge in [-0.25, -0.2) is 0 Å². The van der Waals surface area contributed by atoms with E-state index in [9.17, 15) is 0 Å². The number of likely N-dealkylation sites (N-methyl/N-ethyl adjacent to an activating group) is 1. The van der Waals surface area contributed by atoms with Crippen molar-refractivity contribution < 1.29 is 4.74 Å². The van der Waals surface area contributed by atoms with Gasteiger partial charge in [0.25, 0.3) is 0 Å². The Morgan fingerprint density at radius 3 is 2.75 bits per heavy atom. The summed E-state index contributed by atoms with van der Waals surface area (Å²) in [6.07, 6.45) is 5.49. The van der Waals surface area contributed by atoms with Crippen LogP contribution in [0, 0.1) is 0 Å². The number of aryl methyl sites for hydroxylation is 1. The molecule has 1 rings (SSSR count). The van der Waals surface area contributed by atoms with Crippen LogP contribution in [0.3, 0.4) is 0 Å². The number of hydrogen-bond donors (Lipinski definition) is 1. The highest BCUT2D eigenvalue weighted by Crippen LogP contribution is 2.08. The van der Waals surface area contributed by atoms with E-state index in [1.807, 2.05) is 25.0 Å². The number of nitrogens with zero attached hydrogens (tertiary/aromatic N) is 2. The topological polar surface area (TPSA) is 39.1 Å². The van der Waals surface area contributed by atoms with Crippen LogP contribution in [-0.2, 0) is 18.2 Å². The zero-order chi connectivity index (χ0) is 12.0. The molecule has 0 spiro atoms. The molecule has 0 amide bonds. The minimum absolute atomic E-state index is 0.333. The van der Waals surface area contributed by atoms with Crippen LogP contribution >= 0.6 is 0 Å². The fourth-order valence-corrected chi connectivity index (χ4v) is 1.73. The normalized spacial score (nSPS) is 15.0. The highest BCUT2D eigenvalue weighted by molar-refractivity contribution is 5.01. The molecule has 1 aromatic heterocycles. The maximum absolute atomic E-state index is 5.25. The van der Waals surface area contributed by atoms with Crippen molar-refractivity contribution in [1.82, 2.24) is 15.1 Å². The Balaban J connectivity index is 2.37. The molecule has 4 nitrogen and oxygen atoms in total. The van der Waals surface area contributed by atoms with E-state index in [-0.39, 0.29) is 0 Å². The van der Waals surface area contributed by atoms with Crippen LogP contribution in [0.4, 0.5) is 0 Å². The smallest absolute Gasteiger partial charge is 0.0639 e. The Bertz CT molecular complexity index is 298. The molecule has 2 unspecified atom stereocenters. The van der Waals surface area contributed by atoms with Crippen molar-refractivity contribution in [2.24, 2.45) is 7.05 Å². The monoisotopic (exact) mass is 225 g/mol. The zero-order valence-electron chi connectivity index (χ0n) is 10.7. The predicted octanol–water partition coefficient (Wildman–Crippen LogP) is 1.37. The van der Waals surface area contributed by atoms with Crippen molar-refractivity contribution in [2.75, 3.05) is 14.2 Å². The summed E-state index contributed by atoms with van der Waals surface area (Å²) in [6.45, 7) is 2.10. The van der Waals surface area contributed by atoms with Gasteiger partial charge in [0.15, 0.2) is 0 Å². The van der Waals surface area contributed by atoms with Crippen molar-refractivity contribution in [3.63, 3.8) is 0 Å². The average Bonchev–Trinajstić information content (AvgIpc) is 2.69. The number of rotatable bonds is 7. The molecule has 1 heterocycles. The average molecular weight is 225 g/mol. The molecular weight excluding hydrogens is 202 g/mol. The number of aromatic nitrogens is 2. The van der Waals surface area contributed by atoms with Crippen molar-refractivity contribution in [3.8, 4) is 0 Å². The Morgan fingerprint density at radius 2 is 2.25 bits per heavy atom. The molecule has 92 valence electrons. The molecule has 0 aliphatic heterocycles. The Kier molecular flexibility index (Phi) is 5.49. The first-order chi connectivity index (χ1) is 7.65. The molecular formula is C12H23N3O. The number of ether oxygens (including phenoxy) is 1. The van der Waals surface area contributed by atoms with Crippen LogP contribution < -0.4 is 5.32 Å². The largest absolute Gasteiger partial charge is 0.382 e. The third-order valence-corrected chi connectivity index (χ3v) is 2.96. The Hall–Kier alpha value is -0.870. The first-order valence-corrected chi connectivity index (χ1v) is 5.84. The van der Waals surface area contributed by atoms with E-state index >= 15 is 0 Å². The van der Waals surface area contributed by atoms with Gasteiger partial charge in [-0.2, -0.15) is 5.10 Å². The van der Waals surface area contributed by atoms with E-state index in [2.05, 4.69) is 23.4 Å². The highest BCUT2D eigenvalue weighted by Gasteiger charge is 2.10. The van der Waals surface area contributed by atoms with E-state index < -0.39 is 0 Å². The van der Waals surface area contributed by atoms with Crippen LogP contribution in [0.25, 0.3) is 0 Å². The lowest BCUT2D eigenvalue weighted by Gasteiger charge is -2.17. The minimum atomic E-state index is 0.333. The number of methoxy groups -OCH3 is 1. The van der Waals surface area contributed by atoms with Crippen LogP contribution in [-0.4, -0.2) is 36.1 Å². The van der Waals surface area contributed by atoms with Crippen molar-refractivity contribution >= 4 is 0 Å². The van der Waals surface area contributed by atoms with Gasteiger partial charge in [-0.15, -0.1) is 0 Å². The molecule has 0 radical (unpaired) electrons. The summed E-state index contributed by atoms with van der Waals surface area (Å²) in [7, 11) is 5.72. The van der Waals surface area contributed by atoms with Gasteiger partial charge in [0.2, 0.25) is 0 Å². The van der Waals surface area contributed by atoms with Gasteiger partial charge in [0.05, 0.1) is 11.8 Å². The van der Waals surface area contributed by atoms with Gasteiger partial charge < -0.3 is 10.1 Å². The van der Waals surface area contributed by atoms with E-state index in [1.54, 1.807) is 7.11 Å². The molecule has 0 aliphatic carbocycles. The molecule has 0 aliphatic rings. The first-order valence-electron chi connectivity index (χ1n) is 5.84. The summed E-state index contributed by atoms with van der Waals surface area (Å²) >= 11 is 0. The SMILES string of the molecule is CNC(CCC(C)OC)Cc1ccn(C)n1. The predicted molar refractivity (Wildman–Crippen MR) is 65.5 cm³/mol. The third-order valence-electron chi connectivity index (χ3n) is 2.96. The summed E-state index contributed by atoms with van der Waals surface area (Å²) < 4.78 is 7.10. The summed E-state index contributed by atoms with van der Waals surface area (Å²) in [5, 5.41) is 7.73. The van der Waals surface area contributed by atoms with Gasteiger partial charge in [-0.3, -0.25) is 4.68 Å². The van der Waals surface area contributed by atoms with Crippen LogP contribution in [0.2, 0.25) is 0 Å². The lowest BCUT2D eigenvalue weighted by molar-refractivity contribution is 0.106. The molecule has 4 heteroatoms. The number of nitrogens with one attached hydrogen (secondary N) is 1. The van der Waals surface area contributed by atoms with Gasteiger partial charge in [0.1, 0.15) is 0 Å².